The van der Waals surface area contributed by atoms with Gasteiger partial charge >= 0.3 is 0 Å². The summed E-state index contributed by atoms with van der Waals surface area (Å²) in [6, 6.07) is 1.15. The van der Waals surface area contributed by atoms with Crippen molar-refractivity contribution in [3.05, 3.63) is 58.9 Å². The number of nitrogens with zero attached hydrogens (tertiary/aromatic N) is 4. The number of anilines is 1. The molecule has 0 amide bonds. The van der Waals surface area contributed by atoms with Crippen LogP contribution in [0.2, 0.25) is 0 Å². The highest BCUT2D eigenvalue weighted by Gasteiger charge is 2.21. The van der Waals surface area contributed by atoms with Crippen molar-refractivity contribution < 1.29 is 23.0 Å². The average molecular weight is 491 g/mol. The van der Waals surface area contributed by atoms with E-state index in [4.69, 9.17) is 14.2 Å². The van der Waals surface area contributed by atoms with Gasteiger partial charge in [-0.05, 0) is 19.2 Å². The average Bonchev–Trinajstić information content (AvgIpc) is 2.86. The van der Waals surface area contributed by atoms with Gasteiger partial charge in [-0.3, -0.25) is 0 Å². The molecule has 1 fully saturated rings. The third kappa shape index (κ3) is 5.56. The molecule has 1 saturated heterocycles. The first kappa shape index (κ1) is 24.2. The monoisotopic (exact) mass is 491 g/mol. The minimum Gasteiger partial charge on any atom is -0.494 e. The zero-order valence-electron chi connectivity index (χ0n) is 19.4. The van der Waals surface area contributed by atoms with Crippen molar-refractivity contribution in [2.45, 2.75) is 6.61 Å². The van der Waals surface area contributed by atoms with Crippen molar-refractivity contribution in [3.8, 4) is 17.2 Å². The highest BCUT2D eigenvalue weighted by atomic mass is 31.1. The fraction of sp³-hybridized carbons (Fsp3) is 0.391. The molecule has 8 nitrogen and oxygen atoms in total. The van der Waals surface area contributed by atoms with Gasteiger partial charge in [0.05, 0.1) is 32.2 Å². The van der Waals surface area contributed by atoms with Gasteiger partial charge in [-0.15, -0.1) is 0 Å². The van der Waals surface area contributed by atoms with Crippen LogP contribution in [0.4, 0.5) is 14.7 Å². The molecule has 1 atom stereocenters. The molecular weight excluding hydrogens is 463 g/mol. The lowest BCUT2D eigenvalue weighted by atomic mass is 10.1. The van der Waals surface area contributed by atoms with Crippen LogP contribution < -0.4 is 19.5 Å². The van der Waals surface area contributed by atoms with Crippen LogP contribution in [0, 0.1) is 11.6 Å². The molecule has 1 unspecified atom stereocenters. The number of ether oxygens (including phenoxy) is 3. The minimum absolute atomic E-state index is 0.126. The lowest BCUT2D eigenvalue weighted by Crippen LogP contribution is -2.43. The molecule has 0 radical (unpaired) electrons. The first-order chi connectivity index (χ1) is 16.5. The topological polar surface area (TPSA) is 72.0 Å². The maximum Gasteiger partial charge on any atom is 0.227 e. The van der Waals surface area contributed by atoms with E-state index in [9.17, 15) is 8.78 Å². The van der Waals surface area contributed by atoms with Crippen LogP contribution in [0.3, 0.4) is 0 Å². The van der Waals surface area contributed by atoms with E-state index in [0.717, 1.165) is 44.1 Å². The summed E-state index contributed by atoms with van der Waals surface area (Å²) < 4.78 is 44.4. The highest BCUT2D eigenvalue weighted by molar-refractivity contribution is 7.43. The number of aromatic nitrogens is 2. The summed E-state index contributed by atoms with van der Waals surface area (Å²) >= 11 is 0. The third-order valence-electron chi connectivity index (χ3n) is 5.69. The fourth-order valence-corrected chi connectivity index (χ4v) is 4.88. The van der Waals surface area contributed by atoms with Crippen molar-refractivity contribution in [1.82, 2.24) is 19.8 Å². The molecule has 1 aromatic carbocycles. The number of hydrogen-bond donors (Lipinski definition) is 1. The summed E-state index contributed by atoms with van der Waals surface area (Å²) in [4.78, 5) is 13.3. The van der Waals surface area contributed by atoms with E-state index in [1.54, 1.807) is 0 Å². The van der Waals surface area contributed by atoms with Gasteiger partial charge in [0.2, 0.25) is 5.95 Å². The lowest BCUT2D eigenvalue weighted by Gasteiger charge is -2.36. The van der Waals surface area contributed by atoms with Crippen LogP contribution >= 0.6 is 8.58 Å². The summed E-state index contributed by atoms with van der Waals surface area (Å²) in [6.07, 6.45) is 8.05. The number of allylic oxidation sites excluding steroid dienone is 3. The quantitative estimate of drug-likeness (QED) is 0.564. The minimum atomic E-state index is -0.839. The summed E-state index contributed by atoms with van der Waals surface area (Å²) in [5.74, 6) is -1.22. The van der Waals surface area contributed by atoms with Gasteiger partial charge in [0.15, 0.2) is 28.9 Å². The van der Waals surface area contributed by atoms with Crippen LogP contribution in [0.25, 0.3) is 0 Å². The van der Waals surface area contributed by atoms with Crippen molar-refractivity contribution in [2.24, 2.45) is 0 Å². The lowest BCUT2D eigenvalue weighted by molar-refractivity contribution is 0.194. The number of rotatable bonds is 8. The predicted molar refractivity (Wildman–Crippen MR) is 128 cm³/mol. The Hall–Kier alpha value is -2.97. The van der Waals surface area contributed by atoms with Crippen LogP contribution in [0.1, 0.15) is 5.56 Å². The Kier molecular flexibility index (Phi) is 7.80. The second-order valence-electron chi connectivity index (χ2n) is 7.93. The van der Waals surface area contributed by atoms with Gasteiger partial charge in [-0.25, -0.2) is 18.7 Å². The van der Waals surface area contributed by atoms with Crippen molar-refractivity contribution in [1.29, 1.82) is 0 Å². The van der Waals surface area contributed by atoms with Crippen molar-refractivity contribution >= 4 is 14.5 Å². The summed E-state index contributed by atoms with van der Waals surface area (Å²) in [6.45, 7) is 3.93. The van der Waals surface area contributed by atoms with Gasteiger partial charge in [-0.1, -0.05) is 8.58 Å². The van der Waals surface area contributed by atoms with E-state index in [1.807, 2.05) is 0 Å². The van der Waals surface area contributed by atoms with Gasteiger partial charge in [0.1, 0.15) is 6.61 Å². The van der Waals surface area contributed by atoms with E-state index < -0.39 is 11.6 Å². The third-order valence-corrected chi connectivity index (χ3v) is 7.10. The molecule has 182 valence electrons. The predicted octanol–water partition coefficient (Wildman–Crippen LogP) is 3.43. The Bertz CT molecular complexity index is 1050. The maximum absolute atomic E-state index is 14.5. The molecule has 0 spiro atoms. The number of methoxy groups -OCH3 is 2. The summed E-state index contributed by atoms with van der Waals surface area (Å²) in [5.41, 5.74) is 2.13. The standard InChI is InChI=1S/C23H28F2N5O3P/c1-29-6-8-30(9-7-29)20-5-4-15(14-34-20)28-23-26-11-16(12-27-23)33-13-17-21(24)18(31-2)10-19(32-3)22(17)25/h4-5,10-12,34H,6-9,13-14H2,1-3H3,(H,26,27,28). The molecule has 2 aromatic rings. The maximum atomic E-state index is 14.5. The first-order valence-corrected chi connectivity index (χ1v) is 12.1. The highest BCUT2D eigenvalue weighted by Crippen LogP contribution is 2.34. The van der Waals surface area contributed by atoms with Crippen LogP contribution in [-0.2, 0) is 6.61 Å². The molecule has 1 aromatic heterocycles. The second-order valence-corrected chi connectivity index (χ2v) is 9.15. The first-order valence-electron chi connectivity index (χ1n) is 10.9. The smallest absolute Gasteiger partial charge is 0.227 e. The van der Waals surface area contributed by atoms with E-state index in [0.29, 0.717) is 14.5 Å². The Balaban J connectivity index is 1.35. The summed E-state index contributed by atoms with van der Waals surface area (Å²) in [5, 5.41) is 3.23. The molecule has 2 aliphatic heterocycles. The Morgan fingerprint density at radius 2 is 1.65 bits per heavy atom. The molecular formula is C23H28F2N5O3P. The number of piperazine rings is 1. The molecule has 2 aliphatic rings. The van der Waals surface area contributed by atoms with Crippen LogP contribution in [0.15, 0.2) is 41.7 Å². The molecule has 0 bridgehead atoms. The fourth-order valence-electron chi connectivity index (χ4n) is 3.65. The number of nitrogens with one attached hydrogen (secondary N) is 1. The molecule has 0 aliphatic carbocycles. The SMILES string of the molecule is COc1cc(OC)c(F)c(COc2cnc(NC3=CC=C(N4CCN(C)CC4)PC3)nc2)c1F. The largest absolute Gasteiger partial charge is 0.494 e. The molecule has 4 rings (SSSR count). The second kappa shape index (κ2) is 11.0. The number of hydrogen-bond acceptors (Lipinski definition) is 8. The Morgan fingerprint density at radius 1 is 1.00 bits per heavy atom. The van der Waals surface area contributed by atoms with Crippen molar-refractivity contribution in [3.63, 3.8) is 0 Å². The van der Waals surface area contributed by atoms with Crippen LogP contribution in [-0.4, -0.2) is 73.4 Å². The van der Waals surface area contributed by atoms with E-state index in [1.165, 1.54) is 32.1 Å². The molecule has 0 saturated carbocycles. The molecule has 11 heteroatoms. The normalized spacial score (nSPS) is 17.3. The molecule has 34 heavy (non-hydrogen) atoms. The van der Waals surface area contributed by atoms with Gasteiger partial charge in [0.25, 0.3) is 0 Å². The number of benzene rings is 1. The van der Waals surface area contributed by atoms with E-state index >= 15 is 0 Å². The summed E-state index contributed by atoms with van der Waals surface area (Å²) in [7, 11) is 5.44. The molecule has 3 heterocycles. The number of halogens is 2. The van der Waals surface area contributed by atoms with Gasteiger partial charge in [-0.2, -0.15) is 0 Å². The Morgan fingerprint density at radius 3 is 2.21 bits per heavy atom. The van der Waals surface area contributed by atoms with Gasteiger partial charge in [0, 0.05) is 49.5 Å². The van der Waals surface area contributed by atoms with Crippen molar-refractivity contribution in [2.75, 3.05) is 58.9 Å². The zero-order chi connectivity index (χ0) is 24.1. The van der Waals surface area contributed by atoms with E-state index in [-0.39, 0.29) is 29.4 Å². The Labute approximate surface area is 199 Å². The van der Waals surface area contributed by atoms with E-state index in [2.05, 4.69) is 44.3 Å². The van der Waals surface area contributed by atoms with Gasteiger partial charge < -0.3 is 29.3 Å². The number of likely N-dealkylation sites (N-methyl/N-ethyl adjacent to an activating group) is 1. The zero-order valence-corrected chi connectivity index (χ0v) is 20.4. The molecule has 1 N–H and O–H groups in total. The van der Waals surface area contributed by atoms with Crippen LogP contribution in [0.5, 0.6) is 17.2 Å².